The Kier molecular flexibility index (Phi) is 5.46. The van der Waals surface area contributed by atoms with Crippen LogP contribution in [0, 0.1) is 13.8 Å². The topological polar surface area (TPSA) is 74.5 Å². The van der Waals surface area contributed by atoms with E-state index in [1.807, 2.05) is 56.3 Å². The molecule has 0 unspecified atom stereocenters. The number of nitrogens with zero attached hydrogens (tertiary/aromatic N) is 1. The van der Waals surface area contributed by atoms with Crippen molar-refractivity contribution in [2.24, 2.45) is 10.9 Å². The summed E-state index contributed by atoms with van der Waals surface area (Å²) in [6.07, 6.45) is 1.69. The smallest absolute Gasteiger partial charge is 0.191 e. The summed E-state index contributed by atoms with van der Waals surface area (Å²) < 4.78 is 0. The van der Waals surface area contributed by atoms with Gasteiger partial charge in [0.15, 0.2) is 5.11 Å². The molecule has 0 radical (unpaired) electrons. The number of nitrogens with one attached hydrogen (secondary N) is 3. The summed E-state index contributed by atoms with van der Waals surface area (Å²) in [5.74, 6) is 5.32. The van der Waals surface area contributed by atoms with E-state index in [1.54, 1.807) is 6.21 Å². The van der Waals surface area contributed by atoms with E-state index >= 15 is 0 Å². The summed E-state index contributed by atoms with van der Waals surface area (Å²) in [7, 11) is 0. The quantitative estimate of drug-likeness (QED) is 0.302. The highest BCUT2D eigenvalue weighted by Crippen LogP contribution is 2.19. The van der Waals surface area contributed by atoms with Crippen LogP contribution in [-0.2, 0) is 0 Å². The Hall–Kier alpha value is -2.44. The van der Waals surface area contributed by atoms with Gasteiger partial charge in [0, 0.05) is 11.4 Å². The van der Waals surface area contributed by atoms with Gasteiger partial charge in [-0.25, -0.2) is 0 Å². The van der Waals surface area contributed by atoms with Crippen molar-refractivity contribution in [3.63, 3.8) is 0 Å². The maximum atomic E-state index is 5.32. The van der Waals surface area contributed by atoms with Gasteiger partial charge in [-0.3, -0.25) is 11.3 Å². The molecule has 2 aromatic carbocycles. The van der Waals surface area contributed by atoms with Crippen molar-refractivity contribution in [1.29, 1.82) is 0 Å². The zero-order chi connectivity index (χ0) is 15.9. The van der Waals surface area contributed by atoms with Crippen LogP contribution in [0.4, 0.5) is 11.4 Å². The standard InChI is InChI=1S/C16H19N5S/c1-11-4-3-5-12(2)15(11)19-16(22)21-18-10-13-6-8-14(20-17)9-7-13/h3-10,20H,17H2,1-2H3,(H2,19,21,22). The normalized spacial score (nSPS) is 10.5. The minimum atomic E-state index is 0.453. The third-order valence-electron chi connectivity index (χ3n) is 3.18. The van der Waals surface area contributed by atoms with Crippen molar-refractivity contribution in [1.82, 2.24) is 5.43 Å². The number of rotatable bonds is 4. The van der Waals surface area contributed by atoms with Gasteiger partial charge in [-0.1, -0.05) is 30.3 Å². The molecule has 0 bridgehead atoms. The zero-order valence-corrected chi connectivity index (χ0v) is 13.4. The summed E-state index contributed by atoms with van der Waals surface area (Å²) in [4.78, 5) is 0. The van der Waals surface area contributed by atoms with Gasteiger partial charge in [-0.05, 0) is 54.9 Å². The number of hydrogen-bond acceptors (Lipinski definition) is 4. The first-order valence-electron chi connectivity index (χ1n) is 6.83. The van der Waals surface area contributed by atoms with E-state index in [1.165, 1.54) is 0 Å². The van der Waals surface area contributed by atoms with Crippen molar-refractivity contribution >= 4 is 34.9 Å². The first-order valence-corrected chi connectivity index (χ1v) is 7.24. The highest BCUT2D eigenvalue weighted by atomic mass is 32.1. The van der Waals surface area contributed by atoms with Crippen LogP contribution in [0.2, 0.25) is 0 Å². The molecule has 0 spiro atoms. The maximum Gasteiger partial charge on any atom is 0.191 e. The van der Waals surface area contributed by atoms with Gasteiger partial charge in [-0.2, -0.15) is 5.10 Å². The van der Waals surface area contributed by atoms with Crippen LogP contribution < -0.4 is 22.0 Å². The molecule has 5 N–H and O–H groups in total. The number of anilines is 2. The van der Waals surface area contributed by atoms with Crippen molar-refractivity contribution < 1.29 is 0 Å². The third kappa shape index (κ3) is 4.28. The second-order valence-electron chi connectivity index (χ2n) is 4.86. The lowest BCUT2D eigenvalue weighted by Crippen LogP contribution is -2.24. The summed E-state index contributed by atoms with van der Waals surface area (Å²) in [6, 6.07) is 13.6. The highest BCUT2D eigenvalue weighted by Gasteiger charge is 2.03. The van der Waals surface area contributed by atoms with Gasteiger partial charge in [0.25, 0.3) is 0 Å². The molecule has 0 saturated heterocycles. The van der Waals surface area contributed by atoms with E-state index < -0.39 is 0 Å². The molecule has 0 saturated carbocycles. The molecule has 114 valence electrons. The fourth-order valence-electron chi connectivity index (χ4n) is 1.98. The van der Waals surface area contributed by atoms with Crippen LogP contribution in [-0.4, -0.2) is 11.3 Å². The van der Waals surface area contributed by atoms with E-state index in [0.29, 0.717) is 5.11 Å². The number of nitrogen functional groups attached to an aromatic ring is 1. The molecule has 22 heavy (non-hydrogen) atoms. The second-order valence-corrected chi connectivity index (χ2v) is 5.27. The summed E-state index contributed by atoms with van der Waals surface area (Å²) in [5, 5.41) is 7.74. The van der Waals surface area contributed by atoms with Gasteiger partial charge in [0.05, 0.1) is 6.21 Å². The number of benzene rings is 2. The molecular weight excluding hydrogens is 294 g/mol. The van der Waals surface area contributed by atoms with E-state index in [4.69, 9.17) is 18.1 Å². The maximum absolute atomic E-state index is 5.32. The monoisotopic (exact) mass is 313 g/mol. The molecule has 0 fully saturated rings. The summed E-state index contributed by atoms with van der Waals surface area (Å²) in [5.41, 5.74) is 10.5. The SMILES string of the molecule is Cc1cccc(C)c1NC(=S)NN=Cc1ccc(NN)cc1. The Morgan fingerprint density at radius 3 is 2.32 bits per heavy atom. The van der Waals surface area contributed by atoms with Gasteiger partial charge in [0.1, 0.15) is 0 Å². The molecule has 0 aliphatic carbocycles. The Balaban J connectivity index is 1.93. The van der Waals surface area contributed by atoms with Crippen LogP contribution in [0.3, 0.4) is 0 Å². The van der Waals surface area contributed by atoms with E-state index in [-0.39, 0.29) is 0 Å². The molecule has 5 nitrogen and oxygen atoms in total. The van der Waals surface area contributed by atoms with E-state index in [2.05, 4.69) is 21.3 Å². The van der Waals surface area contributed by atoms with Crippen LogP contribution in [0.15, 0.2) is 47.6 Å². The molecular formula is C16H19N5S. The van der Waals surface area contributed by atoms with E-state index in [9.17, 15) is 0 Å². The largest absolute Gasteiger partial charge is 0.331 e. The number of para-hydroxylation sites is 1. The molecule has 0 aromatic heterocycles. The minimum Gasteiger partial charge on any atom is -0.331 e. The van der Waals surface area contributed by atoms with Crippen molar-refractivity contribution in [2.45, 2.75) is 13.8 Å². The third-order valence-corrected chi connectivity index (χ3v) is 3.37. The average molecular weight is 313 g/mol. The molecule has 2 aromatic rings. The fourth-order valence-corrected chi connectivity index (χ4v) is 2.14. The first kappa shape index (κ1) is 15.9. The van der Waals surface area contributed by atoms with Gasteiger partial charge >= 0.3 is 0 Å². The predicted octanol–water partition coefficient (Wildman–Crippen LogP) is 2.91. The number of hydrazone groups is 1. The van der Waals surface area contributed by atoms with Crippen molar-refractivity contribution in [2.75, 3.05) is 10.7 Å². The number of hydrazine groups is 1. The Morgan fingerprint density at radius 2 is 1.73 bits per heavy atom. The molecule has 6 heteroatoms. The van der Waals surface area contributed by atoms with Gasteiger partial charge < -0.3 is 10.7 Å². The van der Waals surface area contributed by atoms with E-state index in [0.717, 1.165) is 28.1 Å². The van der Waals surface area contributed by atoms with Crippen LogP contribution in [0.25, 0.3) is 0 Å². The molecule has 0 atom stereocenters. The van der Waals surface area contributed by atoms with Crippen molar-refractivity contribution in [3.05, 3.63) is 59.2 Å². The van der Waals surface area contributed by atoms with Gasteiger partial charge in [-0.15, -0.1) is 0 Å². The summed E-state index contributed by atoms with van der Waals surface area (Å²) in [6.45, 7) is 4.07. The second kappa shape index (κ2) is 7.53. The highest BCUT2D eigenvalue weighted by molar-refractivity contribution is 7.80. The number of thiocarbonyl (C=S) groups is 1. The molecule has 0 amide bonds. The molecule has 0 aliphatic rings. The van der Waals surface area contributed by atoms with Crippen LogP contribution in [0.5, 0.6) is 0 Å². The zero-order valence-electron chi connectivity index (χ0n) is 12.6. The predicted molar refractivity (Wildman–Crippen MR) is 97.1 cm³/mol. The van der Waals surface area contributed by atoms with Crippen LogP contribution >= 0.6 is 12.2 Å². The number of aryl methyl sites for hydroxylation is 2. The average Bonchev–Trinajstić information content (AvgIpc) is 2.52. The lowest BCUT2D eigenvalue weighted by atomic mass is 10.1. The first-order chi connectivity index (χ1) is 10.6. The Labute approximate surface area is 135 Å². The lowest BCUT2D eigenvalue weighted by Gasteiger charge is -2.12. The Bertz CT molecular complexity index is 659. The minimum absolute atomic E-state index is 0.453. The number of hydrogen-bond donors (Lipinski definition) is 4. The summed E-state index contributed by atoms with van der Waals surface area (Å²) >= 11 is 5.25. The molecule has 2 rings (SSSR count). The fraction of sp³-hybridized carbons (Fsp3) is 0.125. The lowest BCUT2D eigenvalue weighted by molar-refractivity contribution is 1.05. The van der Waals surface area contributed by atoms with Crippen molar-refractivity contribution in [3.8, 4) is 0 Å². The number of nitrogens with two attached hydrogens (primary N) is 1. The molecule has 0 aliphatic heterocycles. The van der Waals surface area contributed by atoms with Crippen LogP contribution in [0.1, 0.15) is 16.7 Å². The Morgan fingerprint density at radius 1 is 1.09 bits per heavy atom. The van der Waals surface area contributed by atoms with Gasteiger partial charge in [0.2, 0.25) is 0 Å². The molecule has 0 heterocycles.